The van der Waals surface area contributed by atoms with Gasteiger partial charge >= 0.3 is 0 Å². The molecule has 0 aliphatic rings. The number of hydrogen-bond acceptors (Lipinski definition) is 4. The van der Waals surface area contributed by atoms with Crippen molar-refractivity contribution in [2.45, 2.75) is 0 Å². The molecule has 0 fully saturated rings. The van der Waals surface area contributed by atoms with E-state index in [4.69, 9.17) is 12.2 Å². The Bertz CT molecular complexity index is 553. The molecule has 0 unspecified atom stereocenters. The lowest BCUT2D eigenvalue weighted by atomic mass is 10.1. The molecule has 2 nitrogen and oxygen atoms in total. The summed E-state index contributed by atoms with van der Waals surface area (Å²) in [6.07, 6.45) is 0. The van der Waals surface area contributed by atoms with Crippen LogP contribution in [0.1, 0.15) is 10.4 Å². The minimum absolute atomic E-state index is 0.0653. The number of hydrogen-bond donors (Lipinski definition) is 1. The van der Waals surface area contributed by atoms with Gasteiger partial charge in [0.05, 0.1) is 0 Å². The topological polar surface area (TPSA) is 29.1 Å². The van der Waals surface area contributed by atoms with Gasteiger partial charge in [-0.2, -0.15) is 0 Å². The summed E-state index contributed by atoms with van der Waals surface area (Å²) in [6, 6.07) is 9.51. The average Bonchev–Trinajstić information content (AvgIpc) is 2.75. The maximum Gasteiger partial charge on any atom is 0.251 e. The summed E-state index contributed by atoms with van der Waals surface area (Å²) < 4.78 is 0.898. The minimum Gasteiger partial charge on any atom is -0.355 e. The summed E-state index contributed by atoms with van der Waals surface area (Å²) in [5.41, 5.74) is 1.77. The molecular formula is C11H9NOS3. The van der Waals surface area contributed by atoms with E-state index in [-0.39, 0.29) is 5.91 Å². The van der Waals surface area contributed by atoms with Crippen molar-refractivity contribution in [2.24, 2.45) is 0 Å². The van der Waals surface area contributed by atoms with Crippen LogP contribution < -0.4 is 5.32 Å². The SMILES string of the molecule is CNC(=O)c1ccc(-c2cc(=S)ss2)cc1. The van der Waals surface area contributed by atoms with Crippen molar-refractivity contribution in [3.63, 3.8) is 0 Å². The van der Waals surface area contributed by atoms with Crippen LogP contribution in [-0.2, 0) is 0 Å². The van der Waals surface area contributed by atoms with Crippen molar-refractivity contribution in [2.75, 3.05) is 7.05 Å². The fraction of sp³-hybridized carbons (Fsp3) is 0.0909. The number of rotatable bonds is 2. The van der Waals surface area contributed by atoms with Crippen molar-refractivity contribution in [1.82, 2.24) is 5.32 Å². The summed E-state index contributed by atoms with van der Waals surface area (Å²) >= 11 is 5.08. The van der Waals surface area contributed by atoms with Crippen LogP contribution in [0, 0.1) is 3.82 Å². The predicted molar refractivity (Wildman–Crippen MR) is 71.9 cm³/mol. The molecule has 82 valence electrons. The molecule has 2 aromatic rings. The highest BCUT2D eigenvalue weighted by molar-refractivity contribution is 7.80. The first-order valence-electron chi connectivity index (χ1n) is 4.63. The van der Waals surface area contributed by atoms with Crippen molar-refractivity contribution in [3.8, 4) is 10.4 Å². The van der Waals surface area contributed by atoms with Gasteiger partial charge in [-0.15, -0.1) is 0 Å². The molecule has 1 amide bonds. The molecule has 0 aliphatic heterocycles. The zero-order valence-corrected chi connectivity index (χ0v) is 11.0. The highest BCUT2D eigenvalue weighted by Gasteiger charge is 2.04. The van der Waals surface area contributed by atoms with Crippen LogP contribution in [0.5, 0.6) is 0 Å². The molecular weight excluding hydrogens is 258 g/mol. The summed E-state index contributed by atoms with van der Waals surface area (Å²) in [4.78, 5) is 12.5. The Balaban J connectivity index is 2.32. The summed E-state index contributed by atoms with van der Waals surface area (Å²) in [5.74, 6) is -0.0653. The second-order valence-electron chi connectivity index (χ2n) is 3.15. The first-order valence-corrected chi connectivity index (χ1v) is 7.19. The first-order chi connectivity index (χ1) is 7.70. The molecule has 2 rings (SSSR count). The molecule has 16 heavy (non-hydrogen) atoms. The molecule has 0 radical (unpaired) electrons. The van der Waals surface area contributed by atoms with Crippen molar-refractivity contribution in [3.05, 3.63) is 39.7 Å². The van der Waals surface area contributed by atoms with Crippen LogP contribution in [-0.4, -0.2) is 13.0 Å². The molecule has 0 spiro atoms. The van der Waals surface area contributed by atoms with Crippen LogP contribution in [0.3, 0.4) is 0 Å². The van der Waals surface area contributed by atoms with E-state index in [2.05, 4.69) is 5.32 Å². The van der Waals surface area contributed by atoms with Gasteiger partial charge in [0.15, 0.2) is 0 Å². The van der Waals surface area contributed by atoms with E-state index in [0.29, 0.717) is 5.56 Å². The number of carbonyl (C=O) groups is 1. The van der Waals surface area contributed by atoms with E-state index in [0.717, 1.165) is 14.3 Å². The number of benzene rings is 1. The molecule has 1 N–H and O–H groups in total. The van der Waals surface area contributed by atoms with Gasteiger partial charge in [-0.05, 0) is 23.8 Å². The Hall–Kier alpha value is -1.04. The fourth-order valence-electron chi connectivity index (χ4n) is 1.30. The molecule has 0 bridgehead atoms. The number of amides is 1. The highest BCUT2D eigenvalue weighted by Crippen LogP contribution is 2.29. The second kappa shape index (κ2) is 4.86. The van der Waals surface area contributed by atoms with Crippen LogP contribution in [0.25, 0.3) is 10.4 Å². The van der Waals surface area contributed by atoms with Crippen LogP contribution >= 0.6 is 32.9 Å². The molecule has 1 aromatic carbocycles. The summed E-state index contributed by atoms with van der Waals surface area (Å²) in [7, 11) is 4.88. The van der Waals surface area contributed by atoms with Crippen LogP contribution in [0.2, 0.25) is 0 Å². The summed E-state index contributed by atoms with van der Waals surface area (Å²) in [6.45, 7) is 0. The predicted octanol–water partition coefficient (Wildman–Crippen LogP) is 3.57. The first kappa shape index (κ1) is 11.4. The van der Waals surface area contributed by atoms with Crippen molar-refractivity contribution in [1.29, 1.82) is 0 Å². The standard InChI is InChI=1S/C11H9NOS3/c1-12-11(13)8-4-2-7(3-5-8)9-6-10(14)16-15-9/h2-6H,1H3,(H,12,13). The van der Waals surface area contributed by atoms with Crippen molar-refractivity contribution < 1.29 is 4.79 Å². The van der Waals surface area contributed by atoms with Gasteiger partial charge in [-0.3, -0.25) is 4.79 Å². The largest absolute Gasteiger partial charge is 0.355 e. The third-order valence-corrected chi connectivity index (χ3v) is 5.03. The average molecular weight is 267 g/mol. The molecule has 0 atom stereocenters. The van der Waals surface area contributed by atoms with E-state index in [9.17, 15) is 4.79 Å². The zero-order valence-electron chi connectivity index (χ0n) is 8.52. The van der Waals surface area contributed by atoms with Gasteiger partial charge in [-0.1, -0.05) is 45.0 Å². The monoisotopic (exact) mass is 267 g/mol. The van der Waals surface area contributed by atoms with Gasteiger partial charge in [0.2, 0.25) is 0 Å². The van der Waals surface area contributed by atoms with Crippen molar-refractivity contribution >= 4 is 38.8 Å². The van der Waals surface area contributed by atoms with Gasteiger partial charge in [0.25, 0.3) is 5.91 Å². The maximum absolute atomic E-state index is 11.3. The van der Waals surface area contributed by atoms with Gasteiger partial charge in [0, 0.05) is 17.5 Å². The van der Waals surface area contributed by atoms with E-state index in [1.54, 1.807) is 27.7 Å². The molecule has 0 saturated heterocycles. The van der Waals surface area contributed by atoms with Crippen LogP contribution in [0.15, 0.2) is 30.3 Å². The fourth-order valence-corrected chi connectivity index (χ4v) is 3.71. The lowest BCUT2D eigenvalue weighted by molar-refractivity contribution is 0.0963. The Labute approximate surface area is 106 Å². The lowest BCUT2D eigenvalue weighted by Crippen LogP contribution is -2.17. The smallest absolute Gasteiger partial charge is 0.251 e. The van der Waals surface area contributed by atoms with Crippen LogP contribution in [0.4, 0.5) is 0 Å². The zero-order chi connectivity index (χ0) is 11.5. The van der Waals surface area contributed by atoms with Gasteiger partial charge < -0.3 is 5.32 Å². The molecule has 0 aliphatic carbocycles. The van der Waals surface area contributed by atoms with E-state index in [1.807, 2.05) is 30.3 Å². The second-order valence-corrected chi connectivity index (χ2v) is 6.06. The lowest BCUT2D eigenvalue weighted by Gasteiger charge is -2.00. The quantitative estimate of drug-likeness (QED) is 0.666. The van der Waals surface area contributed by atoms with E-state index in [1.165, 1.54) is 0 Å². The van der Waals surface area contributed by atoms with E-state index >= 15 is 0 Å². The number of nitrogens with one attached hydrogen (secondary N) is 1. The van der Waals surface area contributed by atoms with Gasteiger partial charge in [-0.25, -0.2) is 0 Å². The highest BCUT2D eigenvalue weighted by atomic mass is 32.9. The molecule has 1 heterocycles. The summed E-state index contributed by atoms with van der Waals surface area (Å²) in [5, 5.41) is 2.59. The third kappa shape index (κ3) is 2.37. The Morgan fingerprint density at radius 2 is 1.94 bits per heavy atom. The normalized spacial score (nSPS) is 10.1. The molecule has 1 aromatic heterocycles. The Kier molecular flexibility index (Phi) is 3.48. The Morgan fingerprint density at radius 1 is 1.25 bits per heavy atom. The maximum atomic E-state index is 11.3. The van der Waals surface area contributed by atoms with E-state index < -0.39 is 0 Å². The van der Waals surface area contributed by atoms with Gasteiger partial charge in [0.1, 0.15) is 3.82 Å². The minimum atomic E-state index is -0.0653. The molecule has 0 saturated carbocycles. The third-order valence-electron chi connectivity index (χ3n) is 2.12. The number of carbonyl (C=O) groups excluding carboxylic acids is 1. The Morgan fingerprint density at radius 3 is 2.44 bits per heavy atom. The molecule has 5 heteroatoms.